The number of likely N-dealkylation sites (tertiary alicyclic amines) is 1. The van der Waals surface area contributed by atoms with E-state index in [1.165, 1.54) is 18.5 Å². The summed E-state index contributed by atoms with van der Waals surface area (Å²) in [5.41, 5.74) is 0.835. The highest BCUT2D eigenvalue weighted by atomic mass is 32.1. The lowest BCUT2D eigenvalue weighted by Crippen LogP contribution is -2.45. The normalized spacial score (nSPS) is 21.1. The molecule has 1 fully saturated rings. The predicted molar refractivity (Wildman–Crippen MR) is 68.9 cm³/mol. The van der Waals surface area contributed by atoms with Crippen LogP contribution in [-0.4, -0.2) is 35.2 Å². The molecule has 2 heterocycles. The summed E-state index contributed by atoms with van der Waals surface area (Å²) in [6.07, 6.45) is 3.88. The molecule has 1 aliphatic heterocycles. The van der Waals surface area contributed by atoms with Crippen molar-refractivity contribution in [2.45, 2.75) is 38.2 Å². The van der Waals surface area contributed by atoms with Crippen molar-refractivity contribution in [1.29, 1.82) is 0 Å². The van der Waals surface area contributed by atoms with Gasteiger partial charge in [0.2, 0.25) is 0 Å². The number of piperidine rings is 1. The Morgan fingerprint density at radius 1 is 1.44 bits per heavy atom. The molecule has 0 bridgehead atoms. The molecule has 1 aliphatic rings. The number of hydrogen-bond donors (Lipinski definition) is 1. The molecular weight excluding hydrogens is 218 g/mol. The van der Waals surface area contributed by atoms with Gasteiger partial charge in [-0.1, -0.05) is 6.92 Å². The lowest BCUT2D eigenvalue weighted by atomic mass is 9.86. The van der Waals surface area contributed by atoms with Gasteiger partial charge in [0.1, 0.15) is 0 Å². The minimum absolute atomic E-state index is 0.453. The zero-order valence-corrected chi connectivity index (χ0v) is 10.8. The topological polar surface area (TPSA) is 23.5 Å². The van der Waals surface area contributed by atoms with Crippen LogP contribution in [0.15, 0.2) is 16.8 Å². The molecule has 1 aromatic heterocycles. The maximum absolute atomic E-state index is 10.5. The maximum Gasteiger partial charge on any atom is 0.0712 e. The van der Waals surface area contributed by atoms with Crippen LogP contribution in [0.25, 0.3) is 0 Å². The van der Waals surface area contributed by atoms with Crippen LogP contribution in [0.4, 0.5) is 0 Å². The zero-order valence-electron chi connectivity index (χ0n) is 9.98. The van der Waals surface area contributed by atoms with Gasteiger partial charge in [-0.25, -0.2) is 0 Å². The average molecular weight is 239 g/mol. The van der Waals surface area contributed by atoms with Crippen LogP contribution < -0.4 is 0 Å². The summed E-state index contributed by atoms with van der Waals surface area (Å²) in [4.78, 5) is 2.46. The zero-order chi connectivity index (χ0) is 11.4. The number of rotatable bonds is 4. The molecule has 0 spiro atoms. The molecule has 0 aliphatic carbocycles. The van der Waals surface area contributed by atoms with Crippen molar-refractivity contribution >= 4 is 11.3 Å². The smallest absolute Gasteiger partial charge is 0.0712 e. The summed E-state index contributed by atoms with van der Waals surface area (Å²) < 4.78 is 0. The Labute approximate surface area is 102 Å². The third kappa shape index (κ3) is 3.06. The van der Waals surface area contributed by atoms with Crippen LogP contribution in [0.5, 0.6) is 0 Å². The van der Waals surface area contributed by atoms with Crippen molar-refractivity contribution in [2.75, 3.05) is 19.6 Å². The standard InChI is InChI=1S/C13H21NOS/c1-2-6-14-7-4-13(15,5-8-14)10-12-3-9-16-11-12/h3,9,11,15H,2,4-8,10H2,1H3. The van der Waals surface area contributed by atoms with Crippen molar-refractivity contribution in [2.24, 2.45) is 0 Å². The first-order chi connectivity index (χ1) is 7.72. The molecule has 1 N–H and O–H groups in total. The molecule has 0 atom stereocenters. The van der Waals surface area contributed by atoms with Crippen LogP contribution in [0.2, 0.25) is 0 Å². The lowest BCUT2D eigenvalue weighted by Gasteiger charge is -2.38. The highest BCUT2D eigenvalue weighted by Gasteiger charge is 2.31. The maximum atomic E-state index is 10.5. The van der Waals surface area contributed by atoms with Gasteiger partial charge in [-0.15, -0.1) is 0 Å². The second kappa shape index (κ2) is 5.30. The SMILES string of the molecule is CCCN1CCC(O)(Cc2ccsc2)CC1. The molecule has 1 aromatic rings. The molecular formula is C13H21NOS. The first-order valence-electron chi connectivity index (χ1n) is 6.18. The highest BCUT2D eigenvalue weighted by molar-refractivity contribution is 7.07. The molecule has 0 aromatic carbocycles. The highest BCUT2D eigenvalue weighted by Crippen LogP contribution is 2.27. The van der Waals surface area contributed by atoms with E-state index in [0.29, 0.717) is 0 Å². The van der Waals surface area contributed by atoms with Crippen LogP contribution in [-0.2, 0) is 6.42 Å². The van der Waals surface area contributed by atoms with Crippen LogP contribution in [0.1, 0.15) is 31.7 Å². The fraction of sp³-hybridized carbons (Fsp3) is 0.692. The Morgan fingerprint density at radius 3 is 2.75 bits per heavy atom. The molecule has 16 heavy (non-hydrogen) atoms. The van der Waals surface area contributed by atoms with E-state index in [0.717, 1.165) is 32.4 Å². The van der Waals surface area contributed by atoms with Gasteiger partial charge in [-0.2, -0.15) is 11.3 Å². The second-order valence-electron chi connectivity index (χ2n) is 4.87. The molecule has 0 radical (unpaired) electrons. The first-order valence-corrected chi connectivity index (χ1v) is 7.12. The van der Waals surface area contributed by atoms with Crippen molar-refractivity contribution in [3.8, 4) is 0 Å². The first kappa shape index (κ1) is 12.1. The van der Waals surface area contributed by atoms with E-state index in [4.69, 9.17) is 0 Å². The van der Waals surface area contributed by atoms with Gasteiger partial charge in [-0.05, 0) is 48.2 Å². The van der Waals surface area contributed by atoms with Crippen LogP contribution in [0, 0.1) is 0 Å². The Morgan fingerprint density at radius 2 is 2.19 bits per heavy atom. The van der Waals surface area contributed by atoms with Crippen molar-refractivity contribution in [3.63, 3.8) is 0 Å². The Hall–Kier alpha value is -0.380. The third-order valence-electron chi connectivity index (χ3n) is 3.44. The number of aliphatic hydroxyl groups is 1. The summed E-state index contributed by atoms with van der Waals surface area (Å²) in [5.74, 6) is 0. The number of hydrogen-bond acceptors (Lipinski definition) is 3. The summed E-state index contributed by atoms with van der Waals surface area (Å²) >= 11 is 1.71. The van der Waals surface area contributed by atoms with Gasteiger partial charge in [0, 0.05) is 19.5 Å². The molecule has 0 unspecified atom stereocenters. The van der Waals surface area contributed by atoms with E-state index >= 15 is 0 Å². The van der Waals surface area contributed by atoms with E-state index in [9.17, 15) is 5.11 Å². The summed E-state index contributed by atoms with van der Waals surface area (Å²) in [6.45, 7) is 5.49. The second-order valence-corrected chi connectivity index (χ2v) is 5.65. The summed E-state index contributed by atoms with van der Waals surface area (Å²) in [6, 6.07) is 2.13. The van der Waals surface area contributed by atoms with E-state index in [-0.39, 0.29) is 0 Å². The van der Waals surface area contributed by atoms with Crippen molar-refractivity contribution in [1.82, 2.24) is 4.90 Å². The molecule has 2 rings (SSSR count). The Bertz CT molecular complexity index is 302. The minimum Gasteiger partial charge on any atom is -0.389 e. The van der Waals surface area contributed by atoms with Gasteiger partial charge in [0.25, 0.3) is 0 Å². The Kier molecular flexibility index (Phi) is 4.00. The quantitative estimate of drug-likeness (QED) is 0.873. The van der Waals surface area contributed by atoms with Gasteiger partial charge in [0.05, 0.1) is 5.60 Å². The largest absolute Gasteiger partial charge is 0.389 e. The van der Waals surface area contributed by atoms with Gasteiger partial charge >= 0.3 is 0 Å². The number of thiophene rings is 1. The minimum atomic E-state index is -0.453. The van der Waals surface area contributed by atoms with Gasteiger partial charge in [-0.3, -0.25) is 0 Å². The summed E-state index contributed by atoms with van der Waals surface area (Å²) in [7, 11) is 0. The molecule has 0 saturated carbocycles. The summed E-state index contributed by atoms with van der Waals surface area (Å²) in [5, 5.41) is 14.7. The molecule has 3 heteroatoms. The molecule has 90 valence electrons. The predicted octanol–water partition coefficient (Wildman–Crippen LogP) is 2.53. The Balaban J connectivity index is 1.86. The number of nitrogens with zero attached hydrogens (tertiary/aromatic N) is 1. The van der Waals surface area contributed by atoms with Crippen molar-refractivity contribution in [3.05, 3.63) is 22.4 Å². The van der Waals surface area contributed by atoms with Crippen LogP contribution >= 0.6 is 11.3 Å². The average Bonchev–Trinajstić information content (AvgIpc) is 2.74. The van der Waals surface area contributed by atoms with Crippen molar-refractivity contribution < 1.29 is 5.11 Å². The van der Waals surface area contributed by atoms with E-state index in [1.54, 1.807) is 11.3 Å². The molecule has 1 saturated heterocycles. The van der Waals surface area contributed by atoms with Crippen LogP contribution in [0.3, 0.4) is 0 Å². The van der Waals surface area contributed by atoms with Gasteiger partial charge in [0.15, 0.2) is 0 Å². The molecule has 0 amide bonds. The fourth-order valence-corrected chi connectivity index (χ4v) is 3.13. The van der Waals surface area contributed by atoms with Gasteiger partial charge < -0.3 is 10.0 Å². The fourth-order valence-electron chi connectivity index (χ4n) is 2.46. The van der Waals surface area contributed by atoms with E-state index < -0.39 is 5.60 Å². The molecule has 2 nitrogen and oxygen atoms in total. The monoisotopic (exact) mass is 239 g/mol. The van der Waals surface area contributed by atoms with E-state index in [1.807, 2.05) is 0 Å². The lowest BCUT2D eigenvalue weighted by molar-refractivity contribution is -0.0204. The van der Waals surface area contributed by atoms with E-state index in [2.05, 4.69) is 28.7 Å². The third-order valence-corrected chi connectivity index (χ3v) is 4.17.